The van der Waals surface area contributed by atoms with Gasteiger partial charge in [-0.05, 0) is 31.2 Å². The van der Waals surface area contributed by atoms with Crippen LogP contribution in [0.15, 0.2) is 55.1 Å². The number of likely N-dealkylation sites (N-methyl/N-ethyl adjacent to an activating group) is 1. The summed E-state index contributed by atoms with van der Waals surface area (Å²) in [6, 6.07) is 11.0. The fraction of sp³-hybridized carbons (Fsp3) is 0.200. The summed E-state index contributed by atoms with van der Waals surface area (Å²) in [4.78, 5) is 33.8. The number of carbonyl (C=O) groups excluding carboxylic acids is 2. The van der Waals surface area contributed by atoms with Crippen molar-refractivity contribution < 1.29 is 14.3 Å². The summed E-state index contributed by atoms with van der Waals surface area (Å²) in [6.45, 7) is 3.19. The number of rotatable bonds is 7. The number of imidazole rings is 1. The number of pyridine rings is 1. The van der Waals surface area contributed by atoms with Crippen LogP contribution in [0.4, 0.5) is 5.69 Å². The van der Waals surface area contributed by atoms with E-state index < -0.39 is 0 Å². The summed E-state index contributed by atoms with van der Waals surface area (Å²) >= 11 is 13.1. The van der Waals surface area contributed by atoms with Crippen molar-refractivity contribution in [3.63, 3.8) is 0 Å². The van der Waals surface area contributed by atoms with Crippen molar-refractivity contribution in [2.45, 2.75) is 20.5 Å². The maximum absolute atomic E-state index is 12.5. The molecule has 0 saturated carbocycles. The third-order valence-corrected chi connectivity index (χ3v) is 6.23. The van der Waals surface area contributed by atoms with Crippen LogP contribution in [0.25, 0.3) is 16.6 Å². The normalized spacial score (nSPS) is 10.9. The van der Waals surface area contributed by atoms with Crippen molar-refractivity contribution >= 4 is 51.6 Å². The van der Waals surface area contributed by atoms with Crippen molar-refractivity contribution in [1.82, 2.24) is 19.9 Å². The molecular weight excluding hydrogens is 489 g/mol. The molecular formula is C25H23Cl2N5O3. The highest BCUT2D eigenvalue weighted by Gasteiger charge is 2.19. The first-order valence-electron chi connectivity index (χ1n) is 10.8. The fourth-order valence-electron chi connectivity index (χ4n) is 3.64. The first-order chi connectivity index (χ1) is 16.8. The second kappa shape index (κ2) is 10.3. The van der Waals surface area contributed by atoms with E-state index in [1.54, 1.807) is 31.7 Å². The largest absolute Gasteiger partial charge is 0.487 e. The number of aryl methyl sites for hydroxylation is 1. The molecule has 8 nitrogen and oxygen atoms in total. The van der Waals surface area contributed by atoms with Gasteiger partial charge in [0.2, 0.25) is 11.8 Å². The molecule has 2 aromatic carbocycles. The molecule has 1 N–H and O–H groups in total. The van der Waals surface area contributed by atoms with E-state index in [9.17, 15) is 9.59 Å². The average molecular weight is 512 g/mol. The Balaban J connectivity index is 1.64. The lowest BCUT2D eigenvalue weighted by atomic mass is 10.1. The monoisotopic (exact) mass is 511 g/mol. The molecule has 0 unspecified atom stereocenters. The zero-order valence-corrected chi connectivity index (χ0v) is 20.9. The molecule has 4 rings (SSSR count). The lowest BCUT2D eigenvalue weighted by Crippen LogP contribution is -2.37. The highest BCUT2D eigenvalue weighted by Crippen LogP contribution is 2.36. The van der Waals surface area contributed by atoms with Crippen molar-refractivity contribution in [3.05, 3.63) is 76.4 Å². The summed E-state index contributed by atoms with van der Waals surface area (Å²) in [7, 11) is 1.58. The van der Waals surface area contributed by atoms with Gasteiger partial charge in [-0.2, -0.15) is 0 Å². The molecule has 0 aliphatic rings. The van der Waals surface area contributed by atoms with Crippen LogP contribution in [0.5, 0.6) is 5.75 Å². The molecule has 4 aromatic rings. The Labute approximate surface area is 212 Å². The Morgan fingerprint density at radius 3 is 2.71 bits per heavy atom. The summed E-state index contributed by atoms with van der Waals surface area (Å²) in [5, 5.41) is 4.09. The van der Waals surface area contributed by atoms with E-state index in [2.05, 4.69) is 10.3 Å². The van der Waals surface area contributed by atoms with Gasteiger partial charge in [-0.3, -0.25) is 9.59 Å². The smallest absolute Gasteiger partial charge is 0.246 e. The quantitative estimate of drug-likeness (QED) is 0.387. The standard InChI is InChI=1S/C25H23Cl2N5O3/c1-15-11-21(32-10-9-28-14-32)17-5-4-6-22(25(17)30-15)35-13-18-19(26)7-8-20(24(18)27)31(3)23(34)12-29-16(2)33/h4-11,14H,12-13H2,1-3H3,(H,29,33). The second-order valence-electron chi connectivity index (χ2n) is 7.92. The Morgan fingerprint density at radius 1 is 1.20 bits per heavy atom. The van der Waals surface area contributed by atoms with Crippen molar-refractivity contribution in [2.75, 3.05) is 18.5 Å². The van der Waals surface area contributed by atoms with Gasteiger partial charge in [-0.15, -0.1) is 0 Å². The number of nitrogens with one attached hydrogen (secondary N) is 1. The molecule has 0 atom stereocenters. The van der Waals surface area contributed by atoms with Crippen LogP contribution in [0.1, 0.15) is 18.2 Å². The number of aromatic nitrogens is 3. The maximum Gasteiger partial charge on any atom is 0.246 e. The van der Waals surface area contributed by atoms with E-state index in [0.29, 0.717) is 32.6 Å². The number of hydrogen-bond acceptors (Lipinski definition) is 5. The zero-order valence-electron chi connectivity index (χ0n) is 19.4. The second-order valence-corrected chi connectivity index (χ2v) is 8.70. The summed E-state index contributed by atoms with van der Waals surface area (Å²) in [6.07, 6.45) is 5.32. The number of halogens is 2. The molecule has 180 valence electrons. The van der Waals surface area contributed by atoms with E-state index in [4.69, 9.17) is 32.9 Å². The molecule has 0 bridgehead atoms. The highest BCUT2D eigenvalue weighted by molar-refractivity contribution is 6.38. The number of fused-ring (bicyclic) bond motifs is 1. The van der Waals surface area contributed by atoms with Gasteiger partial charge in [0.25, 0.3) is 0 Å². The molecule has 0 spiro atoms. The van der Waals surface area contributed by atoms with Gasteiger partial charge >= 0.3 is 0 Å². The van der Waals surface area contributed by atoms with Gasteiger partial charge in [0, 0.05) is 48.0 Å². The number of hydrogen-bond donors (Lipinski definition) is 1. The third-order valence-electron chi connectivity index (χ3n) is 5.45. The van der Waals surface area contributed by atoms with Gasteiger partial charge < -0.3 is 19.5 Å². The number of nitrogens with zero attached hydrogens (tertiary/aromatic N) is 4. The SMILES string of the molecule is CC(=O)NCC(=O)N(C)c1ccc(Cl)c(COc2cccc3c(-n4ccnc4)cc(C)nc23)c1Cl. The number of ether oxygens (including phenoxy) is 1. The van der Waals surface area contributed by atoms with Crippen LogP contribution < -0.4 is 15.0 Å². The average Bonchev–Trinajstić information content (AvgIpc) is 3.36. The molecule has 0 saturated heterocycles. The van der Waals surface area contributed by atoms with Crippen LogP contribution >= 0.6 is 23.2 Å². The maximum atomic E-state index is 12.5. The number of carbonyl (C=O) groups is 2. The van der Waals surface area contributed by atoms with E-state index in [0.717, 1.165) is 16.8 Å². The lowest BCUT2D eigenvalue weighted by Gasteiger charge is -2.21. The Hall–Kier alpha value is -3.62. The van der Waals surface area contributed by atoms with Crippen LogP contribution in [0, 0.1) is 6.92 Å². The summed E-state index contributed by atoms with van der Waals surface area (Å²) in [5.74, 6) is -0.0459. The van der Waals surface area contributed by atoms with E-state index in [-0.39, 0.29) is 25.0 Å². The van der Waals surface area contributed by atoms with E-state index in [1.807, 2.05) is 42.0 Å². The summed E-state index contributed by atoms with van der Waals surface area (Å²) < 4.78 is 8.07. The lowest BCUT2D eigenvalue weighted by molar-refractivity contribution is -0.123. The molecule has 0 aliphatic carbocycles. The van der Waals surface area contributed by atoms with Crippen LogP contribution in [0.2, 0.25) is 10.0 Å². The number of anilines is 1. The van der Waals surface area contributed by atoms with Gasteiger partial charge in [-0.25, -0.2) is 9.97 Å². The van der Waals surface area contributed by atoms with Crippen molar-refractivity contribution in [1.29, 1.82) is 0 Å². The Kier molecular flexibility index (Phi) is 7.23. The molecule has 2 heterocycles. The van der Waals surface area contributed by atoms with Crippen molar-refractivity contribution in [2.24, 2.45) is 0 Å². The molecule has 2 aromatic heterocycles. The van der Waals surface area contributed by atoms with Gasteiger partial charge in [0.15, 0.2) is 0 Å². The molecule has 0 fully saturated rings. The molecule has 35 heavy (non-hydrogen) atoms. The minimum atomic E-state index is -0.322. The number of benzene rings is 2. The van der Waals surface area contributed by atoms with Crippen molar-refractivity contribution in [3.8, 4) is 11.4 Å². The molecule has 0 radical (unpaired) electrons. The van der Waals surface area contributed by atoms with E-state index >= 15 is 0 Å². The minimum absolute atomic E-state index is 0.0639. The Morgan fingerprint density at radius 2 is 2.00 bits per heavy atom. The van der Waals surface area contributed by atoms with Crippen LogP contribution in [0.3, 0.4) is 0 Å². The molecule has 0 aliphatic heterocycles. The zero-order chi connectivity index (χ0) is 25.1. The highest BCUT2D eigenvalue weighted by atomic mass is 35.5. The first kappa shape index (κ1) is 24.5. The topological polar surface area (TPSA) is 89.4 Å². The fourth-order valence-corrected chi connectivity index (χ4v) is 4.25. The van der Waals surface area contributed by atoms with Gasteiger partial charge in [0.05, 0.1) is 29.3 Å². The van der Waals surface area contributed by atoms with Gasteiger partial charge in [0.1, 0.15) is 17.9 Å². The third kappa shape index (κ3) is 5.23. The number of para-hydroxylation sites is 1. The van der Waals surface area contributed by atoms with E-state index in [1.165, 1.54) is 11.8 Å². The van der Waals surface area contributed by atoms with Crippen LogP contribution in [-0.2, 0) is 16.2 Å². The minimum Gasteiger partial charge on any atom is -0.487 e. The number of amides is 2. The Bertz CT molecular complexity index is 1410. The molecule has 10 heteroatoms. The predicted octanol–water partition coefficient (Wildman–Crippen LogP) is 4.71. The van der Waals surface area contributed by atoms with Crippen LogP contribution in [-0.4, -0.2) is 39.9 Å². The first-order valence-corrected chi connectivity index (χ1v) is 11.5. The molecule has 2 amide bonds. The van der Waals surface area contributed by atoms with Gasteiger partial charge in [-0.1, -0.05) is 35.3 Å². The predicted molar refractivity (Wildman–Crippen MR) is 136 cm³/mol. The summed E-state index contributed by atoms with van der Waals surface area (Å²) in [5.41, 5.74) is 3.45.